The van der Waals surface area contributed by atoms with Gasteiger partial charge in [-0.3, -0.25) is 9.59 Å². The lowest BCUT2D eigenvalue weighted by atomic mass is 9.92. The van der Waals surface area contributed by atoms with E-state index in [0.717, 1.165) is 23.2 Å². The highest BCUT2D eigenvalue weighted by molar-refractivity contribution is 7.12. The molecule has 1 amide bonds. The van der Waals surface area contributed by atoms with Gasteiger partial charge in [-0.25, -0.2) is 4.52 Å². The zero-order valence-electron chi connectivity index (χ0n) is 13.1. The summed E-state index contributed by atoms with van der Waals surface area (Å²) in [6, 6.07) is 9.26. The summed E-state index contributed by atoms with van der Waals surface area (Å²) in [5, 5.41) is 6.06. The molecule has 3 aromatic rings. The lowest BCUT2D eigenvalue weighted by molar-refractivity contribution is 0.0638. The van der Waals surface area contributed by atoms with E-state index < -0.39 is 0 Å². The van der Waals surface area contributed by atoms with Gasteiger partial charge in [0.1, 0.15) is 0 Å². The Morgan fingerprint density at radius 3 is 3.00 bits per heavy atom. The van der Waals surface area contributed by atoms with Crippen LogP contribution in [0, 0.1) is 5.92 Å². The minimum Gasteiger partial charge on any atom is -0.338 e. The number of Topliss-reactive ketones (excluding diaryl/α,β-unsaturated/α-hetero) is 1. The van der Waals surface area contributed by atoms with Crippen molar-refractivity contribution in [3.05, 3.63) is 58.5 Å². The number of carbonyl (C=O) groups is 2. The summed E-state index contributed by atoms with van der Waals surface area (Å²) in [5.41, 5.74) is 1.54. The number of fused-ring (bicyclic) bond motifs is 1. The minimum atomic E-state index is -0.0972. The minimum absolute atomic E-state index is 0.0117. The fraction of sp³-hybridized carbons (Fsp3) is 0.278. The van der Waals surface area contributed by atoms with Crippen LogP contribution in [0.5, 0.6) is 0 Å². The molecule has 0 N–H and O–H groups in total. The van der Waals surface area contributed by atoms with Gasteiger partial charge in [-0.15, -0.1) is 11.3 Å². The molecule has 0 aliphatic carbocycles. The third-order valence-corrected chi connectivity index (χ3v) is 5.37. The van der Waals surface area contributed by atoms with Crippen LogP contribution in [0.15, 0.2) is 48.1 Å². The number of aromatic nitrogens is 2. The number of hydrogen-bond donors (Lipinski definition) is 0. The van der Waals surface area contributed by atoms with E-state index in [1.54, 1.807) is 23.0 Å². The van der Waals surface area contributed by atoms with Gasteiger partial charge in [-0.1, -0.05) is 6.07 Å². The molecule has 1 aliphatic rings. The van der Waals surface area contributed by atoms with E-state index in [2.05, 4.69) is 5.10 Å². The van der Waals surface area contributed by atoms with Crippen LogP contribution < -0.4 is 0 Å². The summed E-state index contributed by atoms with van der Waals surface area (Å²) >= 11 is 1.47. The van der Waals surface area contributed by atoms with Crippen molar-refractivity contribution in [3.8, 4) is 0 Å². The van der Waals surface area contributed by atoms with Gasteiger partial charge in [-0.2, -0.15) is 5.10 Å². The van der Waals surface area contributed by atoms with Crippen LogP contribution in [-0.4, -0.2) is 39.3 Å². The highest BCUT2D eigenvalue weighted by Crippen LogP contribution is 2.24. The van der Waals surface area contributed by atoms with E-state index in [1.807, 2.05) is 34.5 Å². The van der Waals surface area contributed by atoms with Crippen LogP contribution in [0.1, 0.15) is 32.9 Å². The number of pyridine rings is 1. The second kappa shape index (κ2) is 6.20. The van der Waals surface area contributed by atoms with E-state index in [4.69, 9.17) is 0 Å². The molecular weight excluding hydrogens is 322 g/mol. The third-order valence-electron chi connectivity index (χ3n) is 4.49. The fourth-order valence-electron chi connectivity index (χ4n) is 3.23. The van der Waals surface area contributed by atoms with Crippen LogP contribution >= 0.6 is 11.3 Å². The first kappa shape index (κ1) is 15.1. The zero-order chi connectivity index (χ0) is 16.5. The molecule has 3 aromatic heterocycles. The van der Waals surface area contributed by atoms with Crippen molar-refractivity contribution in [2.24, 2.45) is 5.92 Å². The number of carbonyl (C=O) groups excluding carboxylic acids is 2. The van der Waals surface area contributed by atoms with Crippen LogP contribution in [0.3, 0.4) is 0 Å². The molecule has 122 valence electrons. The maximum absolute atomic E-state index is 12.8. The number of likely N-dealkylation sites (tertiary alicyclic amines) is 1. The van der Waals surface area contributed by atoms with Crippen molar-refractivity contribution in [3.63, 3.8) is 0 Å². The molecule has 1 aliphatic heterocycles. The van der Waals surface area contributed by atoms with Crippen molar-refractivity contribution < 1.29 is 9.59 Å². The van der Waals surface area contributed by atoms with Gasteiger partial charge in [0.2, 0.25) is 0 Å². The van der Waals surface area contributed by atoms with Crippen molar-refractivity contribution in [1.82, 2.24) is 14.5 Å². The molecule has 4 rings (SSSR count). The SMILES string of the molecule is O=C(c1cccs1)C1CCCN(C(=O)c2ccn3nccc3c2)C1. The quantitative estimate of drug-likeness (QED) is 0.689. The molecule has 6 heteroatoms. The Morgan fingerprint density at radius 2 is 2.17 bits per heavy atom. The summed E-state index contributed by atoms with van der Waals surface area (Å²) in [7, 11) is 0. The molecule has 1 unspecified atom stereocenters. The van der Waals surface area contributed by atoms with Crippen molar-refractivity contribution in [2.75, 3.05) is 13.1 Å². The second-order valence-corrected chi connectivity index (χ2v) is 7.00. The molecule has 1 saturated heterocycles. The van der Waals surface area contributed by atoms with Crippen LogP contribution in [0.2, 0.25) is 0 Å². The first-order valence-electron chi connectivity index (χ1n) is 8.03. The smallest absolute Gasteiger partial charge is 0.254 e. The highest BCUT2D eigenvalue weighted by atomic mass is 32.1. The van der Waals surface area contributed by atoms with Crippen LogP contribution in [0.25, 0.3) is 5.52 Å². The topological polar surface area (TPSA) is 54.7 Å². The number of ketones is 1. The van der Waals surface area contributed by atoms with Gasteiger partial charge in [-0.05, 0) is 42.5 Å². The number of amides is 1. The molecule has 1 atom stereocenters. The molecule has 0 saturated carbocycles. The fourth-order valence-corrected chi connectivity index (χ4v) is 3.98. The predicted molar refractivity (Wildman–Crippen MR) is 92.5 cm³/mol. The monoisotopic (exact) mass is 339 g/mol. The molecule has 0 radical (unpaired) electrons. The molecule has 5 nitrogen and oxygen atoms in total. The van der Waals surface area contributed by atoms with Gasteiger partial charge >= 0.3 is 0 Å². The van der Waals surface area contributed by atoms with Gasteiger partial charge in [0, 0.05) is 37.0 Å². The van der Waals surface area contributed by atoms with E-state index >= 15 is 0 Å². The lowest BCUT2D eigenvalue weighted by Gasteiger charge is -2.32. The van der Waals surface area contributed by atoms with Crippen molar-refractivity contribution in [2.45, 2.75) is 12.8 Å². The standard InChI is InChI=1S/C18H17N3O2S/c22-17(16-4-2-10-24-16)14-3-1-8-20(12-14)18(23)13-6-9-21-15(11-13)5-7-19-21/h2,4-7,9-11,14H,1,3,8,12H2. The number of rotatable bonds is 3. The largest absolute Gasteiger partial charge is 0.338 e. The normalized spacial score (nSPS) is 18.0. The van der Waals surface area contributed by atoms with E-state index in [1.165, 1.54) is 11.3 Å². The van der Waals surface area contributed by atoms with Gasteiger partial charge in [0.25, 0.3) is 5.91 Å². The number of piperidine rings is 1. The predicted octanol–water partition coefficient (Wildman–Crippen LogP) is 3.13. The number of hydrogen-bond acceptors (Lipinski definition) is 4. The molecule has 1 fully saturated rings. The van der Waals surface area contributed by atoms with Gasteiger partial charge in [0.15, 0.2) is 5.78 Å². The maximum Gasteiger partial charge on any atom is 0.254 e. The van der Waals surface area contributed by atoms with Crippen LogP contribution in [-0.2, 0) is 0 Å². The third kappa shape index (κ3) is 2.73. The number of thiophene rings is 1. The summed E-state index contributed by atoms with van der Waals surface area (Å²) in [4.78, 5) is 28.0. The molecule has 0 bridgehead atoms. The average molecular weight is 339 g/mol. The van der Waals surface area contributed by atoms with E-state index in [0.29, 0.717) is 18.7 Å². The first-order chi connectivity index (χ1) is 11.7. The number of nitrogens with zero attached hydrogens (tertiary/aromatic N) is 3. The Kier molecular flexibility index (Phi) is 3.90. The molecule has 0 spiro atoms. The Hall–Kier alpha value is -2.47. The Bertz CT molecular complexity index is 885. The summed E-state index contributed by atoms with van der Waals surface area (Å²) in [6.07, 6.45) is 5.21. The summed E-state index contributed by atoms with van der Waals surface area (Å²) in [6.45, 7) is 1.21. The van der Waals surface area contributed by atoms with E-state index in [-0.39, 0.29) is 17.6 Å². The van der Waals surface area contributed by atoms with Crippen molar-refractivity contribution in [1.29, 1.82) is 0 Å². The maximum atomic E-state index is 12.8. The highest BCUT2D eigenvalue weighted by Gasteiger charge is 2.29. The van der Waals surface area contributed by atoms with Crippen molar-refractivity contribution >= 4 is 28.5 Å². The summed E-state index contributed by atoms with van der Waals surface area (Å²) in [5.74, 6) is 0.0520. The average Bonchev–Trinajstić information content (AvgIpc) is 3.31. The van der Waals surface area contributed by atoms with Gasteiger partial charge < -0.3 is 4.90 Å². The Balaban J connectivity index is 1.52. The van der Waals surface area contributed by atoms with Gasteiger partial charge in [0.05, 0.1) is 10.4 Å². The Morgan fingerprint density at radius 1 is 1.25 bits per heavy atom. The van der Waals surface area contributed by atoms with Crippen LogP contribution in [0.4, 0.5) is 0 Å². The molecule has 4 heterocycles. The Labute approximate surface area is 143 Å². The summed E-state index contributed by atoms with van der Waals surface area (Å²) < 4.78 is 1.73. The molecular formula is C18H17N3O2S. The first-order valence-corrected chi connectivity index (χ1v) is 8.91. The van der Waals surface area contributed by atoms with E-state index in [9.17, 15) is 9.59 Å². The zero-order valence-corrected chi connectivity index (χ0v) is 13.9. The molecule has 0 aromatic carbocycles. The lowest BCUT2D eigenvalue weighted by Crippen LogP contribution is -2.42. The second-order valence-electron chi connectivity index (χ2n) is 6.05. The molecule has 24 heavy (non-hydrogen) atoms.